The Hall–Kier alpha value is 0.140. The van der Waals surface area contributed by atoms with Crippen LogP contribution in [-0.4, -0.2) is 10.9 Å². The number of amidine groups is 1. The molecule has 0 aliphatic rings. The Morgan fingerprint density at radius 1 is 1.78 bits per heavy atom. The van der Waals surface area contributed by atoms with E-state index in [0.29, 0.717) is 10.8 Å². The lowest BCUT2D eigenvalue weighted by molar-refractivity contribution is 1.50. The molecule has 3 N–H and O–H groups in total. The van der Waals surface area contributed by atoms with Crippen LogP contribution in [0.3, 0.4) is 0 Å². The molecule has 52 valence electrons. The highest BCUT2D eigenvalue weighted by atomic mass is 35.5. The Kier molecular flexibility index (Phi) is 5.04. The molecular weight excluding hydrogens is 179 g/mol. The lowest BCUT2D eigenvalue weighted by Crippen LogP contribution is -2.04. The quantitative estimate of drug-likeness (QED) is 0.510. The minimum atomic E-state index is 0.0478. The largest absolute Gasteiger partial charge is 0.379 e. The van der Waals surface area contributed by atoms with Crippen LogP contribution in [0.1, 0.15) is 0 Å². The van der Waals surface area contributed by atoms with Crippen LogP contribution in [0.25, 0.3) is 0 Å². The molecule has 5 heteroatoms. The molecular formula is C4H6Cl2N2S. The maximum absolute atomic E-state index is 6.77. The SMILES string of the molecule is N=C(N)SCC(Cl)=CCl. The molecule has 0 bridgehead atoms. The normalized spacial score (nSPS) is 11.6. The first-order valence-corrected chi connectivity index (χ1v) is 3.88. The molecule has 0 aliphatic heterocycles. The summed E-state index contributed by atoms with van der Waals surface area (Å²) in [4.78, 5) is 0. The highest BCUT2D eigenvalue weighted by molar-refractivity contribution is 8.13. The van der Waals surface area contributed by atoms with Gasteiger partial charge in [-0.2, -0.15) is 0 Å². The molecule has 0 aromatic carbocycles. The predicted molar refractivity (Wildman–Crippen MR) is 44.2 cm³/mol. The van der Waals surface area contributed by atoms with Crippen LogP contribution in [0.5, 0.6) is 0 Å². The van der Waals surface area contributed by atoms with E-state index in [-0.39, 0.29) is 5.17 Å². The van der Waals surface area contributed by atoms with Gasteiger partial charge >= 0.3 is 0 Å². The van der Waals surface area contributed by atoms with Gasteiger partial charge in [-0.3, -0.25) is 5.41 Å². The van der Waals surface area contributed by atoms with Crippen LogP contribution in [0.2, 0.25) is 0 Å². The van der Waals surface area contributed by atoms with Crippen molar-refractivity contribution in [2.24, 2.45) is 5.73 Å². The Labute approximate surface area is 67.9 Å². The fourth-order valence-electron chi connectivity index (χ4n) is 0.178. The molecule has 9 heavy (non-hydrogen) atoms. The second-order valence-electron chi connectivity index (χ2n) is 1.21. The van der Waals surface area contributed by atoms with Crippen molar-refractivity contribution in [2.75, 3.05) is 5.75 Å². The van der Waals surface area contributed by atoms with E-state index in [1.165, 1.54) is 5.54 Å². The van der Waals surface area contributed by atoms with Crippen molar-refractivity contribution in [3.05, 3.63) is 10.6 Å². The number of hydrogen-bond donors (Lipinski definition) is 2. The van der Waals surface area contributed by atoms with Crippen molar-refractivity contribution in [2.45, 2.75) is 0 Å². The summed E-state index contributed by atoms with van der Waals surface area (Å²) < 4.78 is 0. The smallest absolute Gasteiger partial charge is 0.151 e. The summed E-state index contributed by atoms with van der Waals surface area (Å²) in [6.45, 7) is 0. The van der Waals surface area contributed by atoms with Gasteiger partial charge in [0.15, 0.2) is 5.17 Å². The van der Waals surface area contributed by atoms with Crippen molar-refractivity contribution in [1.29, 1.82) is 5.41 Å². The Morgan fingerprint density at radius 2 is 2.33 bits per heavy atom. The first kappa shape index (κ1) is 9.14. The second kappa shape index (κ2) is 4.97. The van der Waals surface area contributed by atoms with Gasteiger partial charge in [-0.15, -0.1) is 0 Å². The lowest BCUT2D eigenvalue weighted by Gasteiger charge is -1.93. The van der Waals surface area contributed by atoms with Crippen molar-refractivity contribution in [1.82, 2.24) is 0 Å². The molecule has 0 amide bonds. The Balaban J connectivity index is 3.39. The molecule has 0 saturated heterocycles. The minimum absolute atomic E-state index is 0.0478. The highest BCUT2D eigenvalue weighted by Crippen LogP contribution is 2.11. The van der Waals surface area contributed by atoms with Crippen LogP contribution >= 0.6 is 35.0 Å². The van der Waals surface area contributed by atoms with Gasteiger partial charge in [-0.25, -0.2) is 0 Å². The molecule has 0 atom stereocenters. The number of nitrogens with two attached hydrogens (primary N) is 1. The second-order valence-corrected chi connectivity index (χ2v) is 2.93. The van der Waals surface area contributed by atoms with Gasteiger partial charge in [0, 0.05) is 16.3 Å². The molecule has 2 nitrogen and oxygen atoms in total. The first-order valence-electron chi connectivity index (χ1n) is 2.08. The van der Waals surface area contributed by atoms with E-state index in [2.05, 4.69) is 0 Å². The van der Waals surface area contributed by atoms with E-state index in [1.54, 1.807) is 0 Å². The molecule has 0 rings (SSSR count). The summed E-state index contributed by atoms with van der Waals surface area (Å²) in [5, 5.41) is 7.32. The average Bonchev–Trinajstić information content (AvgIpc) is 1.83. The summed E-state index contributed by atoms with van der Waals surface area (Å²) in [6.07, 6.45) is 0. The fourth-order valence-corrected chi connectivity index (χ4v) is 0.887. The zero-order valence-electron chi connectivity index (χ0n) is 4.53. The van der Waals surface area contributed by atoms with Gasteiger partial charge in [-0.1, -0.05) is 35.0 Å². The summed E-state index contributed by atoms with van der Waals surface area (Å²) in [5.74, 6) is 0.473. The maximum atomic E-state index is 6.77. The third-order valence-electron chi connectivity index (χ3n) is 0.484. The third kappa shape index (κ3) is 6.02. The van der Waals surface area contributed by atoms with Gasteiger partial charge in [0.2, 0.25) is 0 Å². The summed E-state index contributed by atoms with van der Waals surface area (Å²) in [6, 6.07) is 0. The minimum Gasteiger partial charge on any atom is -0.379 e. The molecule has 0 saturated carbocycles. The van der Waals surface area contributed by atoms with Crippen LogP contribution in [0, 0.1) is 5.41 Å². The molecule has 0 aliphatic carbocycles. The van der Waals surface area contributed by atoms with E-state index in [4.69, 9.17) is 34.3 Å². The molecule has 0 heterocycles. The Bertz CT molecular complexity index is 135. The van der Waals surface area contributed by atoms with Crippen molar-refractivity contribution >= 4 is 40.1 Å². The molecule has 0 fully saturated rings. The topological polar surface area (TPSA) is 49.9 Å². The van der Waals surface area contributed by atoms with Gasteiger partial charge in [0.25, 0.3) is 0 Å². The molecule has 0 radical (unpaired) electrons. The van der Waals surface area contributed by atoms with Crippen molar-refractivity contribution in [3.8, 4) is 0 Å². The molecule has 0 aromatic heterocycles. The summed E-state index contributed by atoms with van der Waals surface area (Å²) in [7, 11) is 0. The third-order valence-corrected chi connectivity index (χ3v) is 2.03. The molecule has 0 unspecified atom stereocenters. The lowest BCUT2D eigenvalue weighted by atomic mass is 10.7. The predicted octanol–water partition coefficient (Wildman–Crippen LogP) is 1.93. The standard InChI is InChI=1S/C4H6Cl2N2S/c5-1-3(6)2-9-4(7)8/h1H,2H2,(H3,7,8). The van der Waals surface area contributed by atoms with E-state index >= 15 is 0 Å². The number of rotatable bonds is 2. The van der Waals surface area contributed by atoms with Gasteiger partial charge in [0.05, 0.1) is 0 Å². The van der Waals surface area contributed by atoms with E-state index in [1.807, 2.05) is 0 Å². The fraction of sp³-hybridized carbons (Fsp3) is 0.250. The van der Waals surface area contributed by atoms with Crippen molar-refractivity contribution < 1.29 is 0 Å². The van der Waals surface area contributed by atoms with Crippen LogP contribution in [0.15, 0.2) is 10.6 Å². The molecule has 0 aromatic rings. The zero-order chi connectivity index (χ0) is 7.28. The molecule has 0 spiro atoms. The van der Waals surface area contributed by atoms with Gasteiger partial charge in [-0.05, 0) is 0 Å². The van der Waals surface area contributed by atoms with E-state index < -0.39 is 0 Å². The highest BCUT2D eigenvalue weighted by Gasteiger charge is 1.92. The monoisotopic (exact) mass is 184 g/mol. The van der Waals surface area contributed by atoms with Crippen LogP contribution in [-0.2, 0) is 0 Å². The number of nitrogens with one attached hydrogen (secondary N) is 1. The zero-order valence-corrected chi connectivity index (χ0v) is 6.85. The number of hydrogen-bond acceptors (Lipinski definition) is 2. The van der Waals surface area contributed by atoms with Gasteiger partial charge in [0.1, 0.15) is 0 Å². The maximum Gasteiger partial charge on any atom is 0.151 e. The summed E-state index contributed by atoms with van der Waals surface area (Å²) in [5.41, 5.74) is 6.27. The van der Waals surface area contributed by atoms with Crippen molar-refractivity contribution in [3.63, 3.8) is 0 Å². The van der Waals surface area contributed by atoms with Crippen LogP contribution < -0.4 is 5.73 Å². The van der Waals surface area contributed by atoms with E-state index in [0.717, 1.165) is 11.8 Å². The first-order chi connectivity index (χ1) is 4.16. The van der Waals surface area contributed by atoms with Gasteiger partial charge < -0.3 is 5.73 Å². The average molecular weight is 185 g/mol. The van der Waals surface area contributed by atoms with E-state index in [9.17, 15) is 0 Å². The summed E-state index contributed by atoms with van der Waals surface area (Å²) >= 11 is 11.8. The van der Waals surface area contributed by atoms with Crippen LogP contribution in [0.4, 0.5) is 0 Å². The Morgan fingerprint density at radius 3 is 2.67 bits per heavy atom. The number of thioether (sulfide) groups is 1. The number of halogens is 2.